The van der Waals surface area contributed by atoms with Crippen molar-refractivity contribution < 1.29 is 17.9 Å². The quantitative estimate of drug-likeness (QED) is 0.610. The molecule has 1 aliphatic rings. The minimum Gasteiger partial charge on any atom is -0.497 e. The molecule has 6 nitrogen and oxygen atoms in total. The number of hydrogen-bond acceptors (Lipinski definition) is 4. The SMILES string of the molecule is COc1ccc(S(=O)(=O)Nc2ccc(C(=O)NCCC3=CCCCC3)cc2C)cc1. The first kappa shape index (κ1) is 21.9. The highest BCUT2D eigenvalue weighted by atomic mass is 32.2. The van der Waals surface area contributed by atoms with E-state index in [-0.39, 0.29) is 10.8 Å². The normalized spacial score (nSPS) is 14.0. The van der Waals surface area contributed by atoms with Crippen LogP contribution in [-0.4, -0.2) is 28.0 Å². The molecule has 0 aliphatic heterocycles. The lowest BCUT2D eigenvalue weighted by Gasteiger charge is -2.14. The van der Waals surface area contributed by atoms with Crippen molar-refractivity contribution in [3.8, 4) is 5.75 Å². The second kappa shape index (κ2) is 9.80. The van der Waals surface area contributed by atoms with Gasteiger partial charge in [0.2, 0.25) is 0 Å². The number of allylic oxidation sites excluding steroid dienone is 1. The van der Waals surface area contributed by atoms with E-state index < -0.39 is 10.0 Å². The summed E-state index contributed by atoms with van der Waals surface area (Å²) in [5, 5.41) is 2.95. The number of carbonyl (C=O) groups excluding carboxylic acids is 1. The maximum absolute atomic E-state index is 12.6. The molecule has 0 saturated heterocycles. The fraction of sp³-hybridized carbons (Fsp3) is 0.348. The third kappa shape index (κ3) is 5.63. The van der Waals surface area contributed by atoms with Crippen molar-refractivity contribution in [1.29, 1.82) is 0 Å². The first-order chi connectivity index (χ1) is 14.4. The fourth-order valence-electron chi connectivity index (χ4n) is 3.45. The van der Waals surface area contributed by atoms with E-state index in [4.69, 9.17) is 4.74 Å². The molecule has 1 aliphatic carbocycles. The molecule has 0 saturated carbocycles. The van der Waals surface area contributed by atoms with E-state index in [2.05, 4.69) is 16.1 Å². The van der Waals surface area contributed by atoms with Gasteiger partial charge in [-0.3, -0.25) is 9.52 Å². The minimum atomic E-state index is -3.73. The first-order valence-corrected chi connectivity index (χ1v) is 11.6. The highest BCUT2D eigenvalue weighted by molar-refractivity contribution is 7.92. The molecule has 160 valence electrons. The number of methoxy groups -OCH3 is 1. The smallest absolute Gasteiger partial charge is 0.261 e. The number of ether oxygens (including phenoxy) is 1. The van der Waals surface area contributed by atoms with Crippen LogP contribution >= 0.6 is 0 Å². The van der Waals surface area contributed by atoms with Gasteiger partial charge in [0.05, 0.1) is 17.7 Å². The highest BCUT2D eigenvalue weighted by Crippen LogP contribution is 2.23. The minimum absolute atomic E-state index is 0.140. The second-order valence-electron chi connectivity index (χ2n) is 7.42. The van der Waals surface area contributed by atoms with E-state index in [1.807, 2.05) is 0 Å². The Hall–Kier alpha value is -2.80. The highest BCUT2D eigenvalue weighted by Gasteiger charge is 2.16. The van der Waals surface area contributed by atoms with E-state index in [1.165, 1.54) is 37.7 Å². The third-order valence-electron chi connectivity index (χ3n) is 5.22. The molecule has 0 aromatic heterocycles. The molecule has 0 fully saturated rings. The fourth-order valence-corrected chi connectivity index (χ4v) is 4.58. The molecule has 2 N–H and O–H groups in total. The zero-order valence-electron chi connectivity index (χ0n) is 17.4. The van der Waals surface area contributed by atoms with E-state index in [9.17, 15) is 13.2 Å². The number of carbonyl (C=O) groups is 1. The van der Waals surface area contributed by atoms with Gasteiger partial charge >= 0.3 is 0 Å². The van der Waals surface area contributed by atoms with E-state index >= 15 is 0 Å². The van der Waals surface area contributed by atoms with Crippen LogP contribution in [0, 0.1) is 6.92 Å². The van der Waals surface area contributed by atoms with Crippen LogP contribution in [0.1, 0.15) is 48.0 Å². The first-order valence-electron chi connectivity index (χ1n) is 10.1. The molecular formula is C23H28N2O4S. The molecule has 30 heavy (non-hydrogen) atoms. The summed E-state index contributed by atoms with van der Waals surface area (Å²) in [6, 6.07) is 11.1. The van der Waals surface area contributed by atoms with Gasteiger partial charge in [-0.05, 0) is 87.1 Å². The maximum Gasteiger partial charge on any atom is 0.261 e. The van der Waals surface area contributed by atoms with Crippen molar-refractivity contribution in [2.75, 3.05) is 18.4 Å². The predicted molar refractivity (Wildman–Crippen MR) is 118 cm³/mol. The van der Waals surface area contributed by atoms with Gasteiger partial charge in [-0.1, -0.05) is 11.6 Å². The van der Waals surface area contributed by atoms with Gasteiger partial charge in [0.1, 0.15) is 5.75 Å². The topological polar surface area (TPSA) is 84.5 Å². The van der Waals surface area contributed by atoms with Crippen molar-refractivity contribution in [2.45, 2.75) is 43.9 Å². The average Bonchev–Trinajstić information content (AvgIpc) is 2.75. The lowest BCUT2D eigenvalue weighted by Crippen LogP contribution is -2.25. The Morgan fingerprint density at radius 2 is 1.87 bits per heavy atom. The number of hydrogen-bond donors (Lipinski definition) is 2. The average molecular weight is 429 g/mol. The van der Waals surface area contributed by atoms with Crippen LogP contribution in [0.25, 0.3) is 0 Å². The Morgan fingerprint density at radius 3 is 2.50 bits per heavy atom. The molecule has 0 spiro atoms. The van der Waals surface area contributed by atoms with E-state index in [0.717, 1.165) is 19.3 Å². The molecule has 2 aromatic rings. The number of nitrogens with one attached hydrogen (secondary N) is 2. The van der Waals surface area contributed by atoms with Gasteiger partial charge in [0.15, 0.2) is 0 Å². The zero-order chi connectivity index (χ0) is 21.6. The zero-order valence-corrected chi connectivity index (χ0v) is 18.2. The van der Waals surface area contributed by atoms with E-state index in [1.54, 1.807) is 37.3 Å². The number of benzene rings is 2. The summed E-state index contributed by atoms with van der Waals surface area (Å²) < 4.78 is 32.9. The van der Waals surface area contributed by atoms with Gasteiger partial charge in [-0.25, -0.2) is 8.42 Å². The van der Waals surface area contributed by atoms with Gasteiger partial charge < -0.3 is 10.1 Å². The summed E-state index contributed by atoms with van der Waals surface area (Å²) in [5.74, 6) is 0.430. The Bertz CT molecular complexity index is 1030. The van der Waals surface area contributed by atoms with Crippen molar-refractivity contribution >= 4 is 21.6 Å². The molecule has 2 aromatic carbocycles. The summed E-state index contributed by atoms with van der Waals surface area (Å²) in [5.41, 5.74) is 3.04. The molecular weight excluding hydrogens is 400 g/mol. The Kier molecular flexibility index (Phi) is 7.15. The van der Waals surface area contributed by atoms with Crippen LogP contribution in [0.15, 0.2) is 59.0 Å². The molecule has 0 bridgehead atoms. The summed E-state index contributed by atoms with van der Waals surface area (Å²) >= 11 is 0. The molecule has 0 atom stereocenters. The Labute approximate surface area is 178 Å². The van der Waals surface area contributed by atoms with Crippen molar-refractivity contribution in [1.82, 2.24) is 5.32 Å². The monoisotopic (exact) mass is 428 g/mol. The number of rotatable bonds is 8. The summed E-state index contributed by atoms with van der Waals surface area (Å²) in [4.78, 5) is 12.6. The molecule has 1 amide bonds. The van der Waals surface area contributed by atoms with Crippen molar-refractivity contribution in [3.63, 3.8) is 0 Å². The molecule has 3 rings (SSSR count). The number of aryl methyl sites for hydroxylation is 1. The van der Waals surface area contributed by atoms with Crippen LogP contribution in [0.5, 0.6) is 5.75 Å². The van der Waals surface area contributed by atoms with Gasteiger partial charge in [-0.15, -0.1) is 0 Å². The largest absolute Gasteiger partial charge is 0.497 e. The Balaban J connectivity index is 1.62. The predicted octanol–water partition coefficient (Wildman–Crippen LogP) is 4.42. The number of sulfonamides is 1. The van der Waals surface area contributed by atoms with Crippen LogP contribution in [-0.2, 0) is 10.0 Å². The van der Waals surface area contributed by atoms with Crippen LogP contribution in [0.3, 0.4) is 0 Å². The van der Waals surface area contributed by atoms with Gasteiger partial charge in [-0.2, -0.15) is 0 Å². The van der Waals surface area contributed by atoms with Crippen molar-refractivity contribution in [3.05, 3.63) is 65.2 Å². The van der Waals surface area contributed by atoms with E-state index in [0.29, 0.717) is 29.1 Å². The Morgan fingerprint density at radius 1 is 1.10 bits per heavy atom. The summed E-state index contributed by atoms with van der Waals surface area (Å²) in [7, 11) is -2.21. The van der Waals surface area contributed by atoms with Crippen LogP contribution in [0.4, 0.5) is 5.69 Å². The molecule has 0 heterocycles. The third-order valence-corrected chi connectivity index (χ3v) is 6.60. The van der Waals surface area contributed by atoms with Gasteiger partial charge in [0.25, 0.3) is 15.9 Å². The lowest BCUT2D eigenvalue weighted by molar-refractivity contribution is 0.0954. The molecule has 0 unspecified atom stereocenters. The maximum atomic E-state index is 12.6. The number of anilines is 1. The summed E-state index contributed by atoms with van der Waals surface area (Å²) in [6.45, 7) is 2.38. The second-order valence-corrected chi connectivity index (χ2v) is 9.11. The van der Waals surface area contributed by atoms with Crippen molar-refractivity contribution in [2.24, 2.45) is 0 Å². The number of amides is 1. The van der Waals surface area contributed by atoms with Crippen LogP contribution in [0.2, 0.25) is 0 Å². The van der Waals surface area contributed by atoms with Crippen LogP contribution < -0.4 is 14.8 Å². The molecule has 0 radical (unpaired) electrons. The lowest BCUT2D eigenvalue weighted by atomic mass is 9.97. The molecule has 7 heteroatoms. The van der Waals surface area contributed by atoms with Gasteiger partial charge in [0, 0.05) is 12.1 Å². The standard InChI is InChI=1S/C23H28N2O4S/c1-17-16-19(23(26)24-15-14-18-6-4-3-5-7-18)8-13-22(17)25-30(27,28)21-11-9-20(29-2)10-12-21/h6,8-13,16,25H,3-5,7,14-15H2,1-2H3,(H,24,26). The summed E-state index contributed by atoms with van der Waals surface area (Å²) in [6.07, 6.45) is 7.90.